The molecular weight excluding hydrogens is 350 g/mol. The SMILES string of the molecule is Cc1ccc(Nc2ccc(-c3ccc4c(c3)C(C)(C)c3ccccc3-4)cc2)cc1. The number of rotatable bonds is 3. The van der Waals surface area contributed by atoms with Crippen molar-refractivity contribution in [1.29, 1.82) is 0 Å². The van der Waals surface area contributed by atoms with E-state index in [1.165, 1.54) is 38.9 Å². The number of nitrogens with one attached hydrogen (secondary N) is 1. The van der Waals surface area contributed by atoms with E-state index in [2.05, 4.69) is 117 Å². The lowest BCUT2D eigenvalue weighted by Gasteiger charge is -2.22. The Bertz CT molecular complexity index is 1180. The van der Waals surface area contributed by atoms with Crippen molar-refractivity contribution in [2.75, 3.05) is 5.32 Å². The average molecular weight is 376 g/mol. The average Bonchev–Trinajstić information content (AvgIpc) is 2.97. The fourth-order valence-corrected chi connectivity index (χ4v) is 4.43. The van der Waals surface area contributed by atoms with Gasteiger partial charge in [0, 0.05) is 16.8 Å². The Kier molecular flexibility index (Phi) is 4.06. The van der Waals surface area contributed by atoms with Gasteiger partial charge in [-0.2, -0.15) is 0 Å². The maximum atomic E-state index is 3.48. The highest BCUT2D eigenvalue weighted by molar-refractivity contribution is 5.83. The first-order chi connectivity index (χ1) is 14.0. The van der Waals surface area contributed by atoms with Gasteiger partial charge in [-0.05, 0) is 70.6 Å². The van der Waals surface area contributed by atoms with Crippen LogP contribution in [0, 0.1) is 6.92 Å². The van der Waals surface area contributed by atoms with E-state index in [1.807, 2.05) is 0 Å². The lowest BCUT2D eigenvalue weighted by atomic mass is 9.81. The van der Waals surface area contributed by atoms with Gasteiger partial charge in [-0.15, -0.1) is 0 Å². The second-order valence-corrected chi connectivity index (χ2v) is 8.50. The molecule has 29 heavy (non-hydrogen) atoms. The fourth-order valence-electron chi connectivity index (χ4n) is 4.43. The summed E-state index contributed by atoms with van der Waals surface area (Å²) in [4.78, 5) is 0. The molecule has 0 unspecified atom stereocenters. The van der Waals surface area contributed by atoms with E-state index in [0.717, 1.165) is 11.4 Å². The molecule has 0 radical (unpaired) electrons. The predicted molar refractivity (Wildman–Crippen MR) is 124 cm³/mol. The lowest BCUT2D eigenvalue weighted by molar-refractivity contribution is 0.660. The van der Waals surface area contributed by atoms with Crippen LogP contribution in [0.15, 0.2) is 91.0 Å². The van der Waals surface area contributed by atoms with Gasteiger partial charge in [-0.1, -0.05) is 80.1 Å². The fraction of sp³-hybridized carbons (Fsp3) is 0.143. The van der Waals surface area contributed by atoms with Crippen LogP contribution < -0.4 is 5.32 Å². The standard InChI is InChI=1S/C28H25N/c1-19-8-13-22(14-9-19)29-23-15-10-20(11-16-23)21-12-17-25-24-6-4-5-7-26(24)28(2,3)27(25)18-21/h4-18,29H,1-3H3. The smallest absolute Gasteiger partial charge is 0.0384 e. The molecule has 1 aliphatic carbocycles. The van der Waals surface area contributed by atoms with Crippen LogP contribution in [0.3, 0.4) is 0 Å². The highest BCUT2D eigenvalue weighted by Gasteiger charge is 2.35. The topological polar surface area (TPSA) is 12.0 Å². The Morgan fingerprint density at radius 2 is 1.17 bits per heavy atom. The van der Waals surface area contributed by atoms with Gasteiger partial charge in [0.15, 0.2) is 0 Å². The van der Waals surface area contributed by atoms with E-state index >= 15 is 0 Å². The van der Waals surface area contributed by atoms with Gasteiger partial charge in [0.25, 0.3) is 0 Å². The highest BCUT2D eigenvalue weighted by Crippen LogP contribution is 2.49. The van der Waals surface area contributed by atoms with E-state index in [1.54, 1.807) is 0 Å². The van der Waals surface area contributed by atoms with E-state index in [9.17, 15) is 0 Å². The normalized spacial score (nSPS) is 13.6. The van der Waals surface area contributed by atoms with Crippen molar-refractivity contribution in [3.8, 4) is 22.3 Å². The second kappa shape index (κ2) is 6.63. The lowest BCUT2D eigenvalue weighted by Crippen LogP contribution is -2.14. The molecule has 0 spiro atoms. The molecular formula is C28H25N. The molecule has 0 saturated carbocycles. The molecule has 0 saturated heterocycles. The summed E-state index contributed by atoms with van der Waals surface area (Å²) in [5, 5.41) is 3.48. The first kappa shape index (κ1) is 17.8. The molecule has 0 atom stereocenters. The maximum absolute atomic E-state index is 3.48. The van der Waals surface area contributed by atoms with Crippen LogP contribution in [-0.4, -0.2) is 0 Å². The van der Waals surface area contributed by atoms with Crippen LogP contribution in [0.1, 0.15) is 30.5 Å². The van der Waals surface area contributed by atoms with Crippen LogP contribution in [-0.2, 0) is 5.41 Å². The molecule has 1 N–H and O–H groups in total. The van der Waals surface area contributed by atoms with Crippen LogP contribution in [0.2, 0.25) is 0 Å². The summed E-state index contributed by atoms with van der Waals surface area (Å²) in [6.07, 6.45) is 0. The summed E-state index contributed by atoms with van der Waals surface area (Å²) >= 11 is 0. The van der Waals surface area contributed by atoms with Gasteiger partial charge < -0.3 is 5.32 Å². The van der Waals surface area contributed by atoms with E-state index in [0.29, 0.717) is 0 Å². The minimum absolute atomic E-state index is 0.0366. The molecule has 142 valence electrons. The molecule has 0 amide bonds. The van der Waals surface area contributed by atoms with Crippen molar-refractivity contribution in [3.63, 3.8) is 0 Å². The molecule has 1 heteroatoms. The Balaban J connectivity index is 1.45. The zero-order chi connectivity index (χ0) is 20.0. The number of fused-ring (bicyclic) bond motifs is 3. The molecule has 1 nitrogen and oxygen atoms in total. The maximum Gasteiger partial charge on any atom is 0.0384 e. The number of hydrogen-bond donors (Lipinski definition) is 1. The Labute approximate surface area is 173 Å². The Morgan fingerprint density at radius 3 is 1.90 bits per heavy atom. The van der Waals surface area contributed by atoms with Gasteiger partial charge >= 0.3 is 0 Å². The van der Waals surface area contributed by atoms with Crippen LogP contribution in [0.25, 0.3) is 22.3 Å². The molecule has 0 aliphatic heterocycles. The quantitative estimate of drug-likeness (QED) is 0.386. The molecule has 0 bridgehead atoms. The molecule has 1 aliphatic rings. The molecule has 0 heterocycles. The summed E-state index contributed by atoms with van der Waals surface area (Å²) in [6, 6.07) is 32.9. The predicted octanol–water partition coefficient (Wildman–Crippen LogP) is 7.71. The summed E-state index contributed by atoms with van der Waals surface area (Å²) in [5.41, 5.74) is 11.6. The monoisotopic (exact) mass is 375 g/mol. The second-order valence-electron chi connectivity index (χ2n) is 8.50. The van der Waals surface area contributed by atoms with Crippen molar-refractivity contribution in [2.24, 2.45) is 0 Å². The number of anilines is 2. The van der Waals surface area contributed by atoms with Crippen molar-refractivity contribution >= 4 is 11.4 Å². The molecule has 4 aromatic rings. The number of benzene rings is 4. The minimum Gasteiger partial charge on any atom is -0.356 e. The summed E-state index contributed by atoms with van der Waals surface area (Å²) in [6.45, 7) is 6.76. The van der Waals surface area contributed by atoms with Gasteiger partial charge in [0.05, 0.1) is 0 Å². The third-order valence-corrected chi connectivity index (χ3v) is 6.14. The van der Waals surface area contributed by atoms with Gasteiger partial charge in [0.1, 0.15) is 0 Å². The summed E-state index contributed by atoms with van der Waals surface area (Å²) in [7, 11) is 0. The summed E-state index contributed by atoms with van der Waals surface area (Å²) in [5.74, 6) is 0. The number of hydrogen-bond acceptors (Lipinski definition) is 1. The van der Waals surface area contributed by atoms with Crippen LogP contribution in [0.5, 0.6) is 0 Å². The Morgan fingerprint density at radius 1 is 0.586 bits per heavy atom. The molecule has 4 aromatic carbocycles. The molecule has 5 rings (SSSR count). The van der Waals surface area contributed by atoms with E-state index in [4.69, 9.17) is 0 Å². The number of aryl methyl sites for hydroxylation is 1. The van der Waals surface area contributed by atoms with Crippen LogP contribution >= 0.6 is 0 Å². The van der Waals surface area contributed by atoms with Crippen molar-refractivity contribution in [1.82, 2.24) is 0 Å². The zero-order valence-electron chi connectivity index (χ0n) is 17.2. The molecule has 0 fully saturated rings. The Hall–Kier alpha value is -3.32. The van der Waals surface area contributed by atoms with Gasteiger partial charge in [-0.3, -0.25) is 0 Å². The zero-order valence-corrected chi connectivity index (χ0v) is 17.2. The van der Waals surface area contributed by atoms with E-state index in [-0.39, 0.29) is 5.41 Å². The third-order valence-electron chi connectivity index (χ3n) is 6.14. The van der Waals surface area contributed by atoms with Crippen molar-refractivity contribution < 1.29 is 0 Å². The van der Waals surface area contributed by atoms with E-state index < -0.39 is 0 Å². The minimum atomic E-state index is 0.0366. The largest absolute Gasteiger partial charge is 0.356 e. The highest BCUT2D eigenvalue weighted by atomic mass is 14.9. The first-order valence-electron chi connectivity index (χ1n) is 10.2. The summed E-state index contributed by atoms with van der Waals surface area (Å²) < 4.78 is 0. The van der Waals surface area contributed by atoms with Gasteiger partial charge in [0.2, 0.25) is 0 Å². The molecule has 0 aromatic heterocycles. The van der Waals surface area contributed by atoms with Crippen LogP contribution in [0.4, 0.5) is 11.4 Å². The first-order valence-corrected chi connectivity index (χ1v) is 10.2. The van der Waals surface area contributed by atoms with Crippen molar-refractivity contribution in [2.45, 2.75) is 26.2 Å². The third kappa shape index (κ3) is 3.03. The van der Waals surface area contributed by atoms with Gasteiger partial charge in [-0.25, -0.2) is 0 Å². The van der Waals surface area contributed by atoms with Crippen molar-refractivity contribution in [3.05, 3.63) is 108 Å².